The largest absolute Gasteiger partial charge is 0.389 e. The summed E-state index contributed by atoms with van der Waals surface area (Å²) in [6.45, 7) is 8.18. The van der Waals surface area contributed by atoms with E-state index < -0.39 is 5.60 Å². The molecule has 0 bridgehead atoms. The second kappa shape index (κ2) is 6.05. The molecule has 0 rings (SSSR count). The van der Waals surface area contributed by atoms with Gasteiger partial charge in [0.05, 0.1) is 5.60 Å². The van der Waals surface area contributed by atoms with Crippen LogP contribution >= 0.6 is 0 Å². The monoisotopic (exact) mass is 133 g/mol. The highest BCUT2D eigenvalue weighted by Crippen LogP contribution is 1.95. The standard InChI is InChI=1S/C5H13NO.C2H6/c1-5(2,7)4-6-3;1-2/h6-7H,4H2,1-3H3;1-2H3. The number of hydrogen-bond donors (Lipinski definition) is 2. The van der Waals surface area contributed by atoms with Crippen LogP contribution in [-0.4, -0.2) is 24.3 Å². The molecule has 0 amide bonds. The summed E-state index contributed by atoms with van der Waals surface area (Å²) in [5, 5.41) is 11.8. The minimum Gasteiger partial charge on any atom is -0.389 e. The molecular weight excluding hydrogens is 114 g/mol. The summed E-state index contributed by atoms with van der Waals surface area (Å²) >= 11 is 0. The van der Waals surface area contributed by atoms with Crippen molar-refractivity contribution in [3.05, 3.63) is 0 Å². The van der Waals surface area contributed by atoms with Crippen LogP contribution in [0.3, 0.4) is 0 Å². The number of hydrogen-bond acceptors (Lipinski definition) is 2. The molecule has 0 atom stereocenters. The first-order valence-corrected chi connectivity index (χ1v) is 3.43. The highest BCUT2D eigenvalue weighted by molar-refractivity contribution is 4.65. The van der Waals surface area contributed by atoms with Gasteiger partial charge in [0.2, 0.25) is 0 Å². The molecule has 0 aliphatic carbocycles. The third-order valence-corrected chi connectivity index (χ3v) is 0.609. The molecule has 0 saturated carbocycles. The summed E-state index contributed by atoms with van der Waals surface area (Å²) in [6.07, 6.45) is 0. The molecule has 2 nitrogen and oxygen atoms in total. The van der Waals surface area contributed by atoms with E-state index in [9.17, 15) is 0 Å². The van der Waals surface area contributed by atoms with E-state index in [1.807, 2.05) is 20.9 Å². The predicted octanol–water partition coefficient (Wildman–Crippen LogP) is 1.00. The number of aliphatic hydroxyl groups is 1. The van der Waals surface area contributed by atoms with E-state index in [1.54, 1.807) is 13.8 Å². The Labute approximate surface area is 58.3 Å². The van der Waals surface area contributed by atoms with Crippen LogP contribution in [0.5, 0.6) is 0 Å². The van der Waals surface area contributed by atoms with Crippen LogP contribution in [0.15, 0.2) is 0 Å². The lowest BCUT2D eigenvalue weighted by Gasteiger charge is -2.14. The maximum absolute atomic E-state index is 8.96. The average Bonchev–Trinajstić information content (AvgIpc) is 1.69. The van der Waals surface area contributed by atoms with Crippen LogP contribution in [0.25, 0.3) is 0 Å². The zero-order chi connectivity index (χ0) is 7.91. The highest BCUT2D eigenvalue weighted by atomic mass is 16.3. The summed E-state index contributed by atoms with van der Waals surface area (Å²) in [4.78, 5) is 0. The molecule has 9 heavy (non-hydrogen) atoms. The highest BCUT2D eigenvalue weighted by Gasteiger charge is 2.08. The van der Waals surface area contributed by atoms with Crippen molar-refractivity contribution < 1.29 is 5.11 Å². The van der Waals surface area contributed by atoms with Gasteiger partial charge in [-0.2, -0.15) is 0 Å². The molecular formula is C7H19NO. The molecule has 0 unspecified atom stereocenters. The maximum Gasteiger partial charge on any atom is 0.0715 e. The van der Waals surface area contributed by atoms with Crippen molar-refractivity contribution in [2.24, 2.45) is 0 Å². The van der Waals surface area contributed by atoms with E-state index in [0.717, 1.165) is 0 Å². The molecule has 0 saturated heterocycles. The van der Waals surface area contributed by atoms with Gasteiger partial charge in [0.1, 0.15) is 0 Å². The first-order chi connectivity index (χ1) is 4.06. The molecule has 2 heteroatoms. The molecule has 0 aliphatic heterocycles. The fraction of sp³-hybridized carbons (Fsp3) is 1.00. The number of rotatable bonds is 2. The summed E-state index contributed by atoms with van der Waals surface area (Å²) in [5.41, 5.74) is -0.561. The Morgan fingerprint density at radius 2 is 1.67 bits per heavy atom. The molecule has 0 heterocycles. The van der Waals surface area contributed by atoms with E-state index in [-0.39, 0.29) is 0 Å². The van der Waals surface area contributed by atoms with Crippen LogP contribution in [0.4, 0.5) is 0 Å². The minimum absolute atomic E-state index is 0.561. The molecule has 0 aliphatic rings. The molecule has 0 fully saturated rings. The van der Waals surface area contributed by atoms with Gasteiger partial charge in [-0.25, -0.2) is 0 Å². The van der Waals surface area contributed by atoms with Crippen molar-refractivity contribution in [3.8, 4) is 0 Å². The lowest BCUT2D eigenvalue weighted by Crippen LogP contribution is -2.32. The van der Waals surface area contributed by atoms with Gasteiger partial charge in [0, 0.05) is 6.54 Å². The van der Waals surface area contributed by atoms with Gasteiger partial charge in [-0.05, 0) is 20.9 Å². The second-order valence-corrected chi connectivity index (χ2v) is 2.34. The first kappa shape index (κ1) is 11.7. The Kier molecular flexibility index (Phi) is 7.85. The smallest absolute Gasteiger partial charge is 0.0715 e. The summed E-state index contributed by atoms with van der Waals surface area (Å²) in [5.74, 6) is 0. The molecule has 0 spiro atoms. The van der Waals surface area contributed by atoms with E-state index >= 15 is 0 Å². The number of nitrogens with one attached hydrogen (secondary N) is 1. The van der Waals surface area contributed by atoms with Crippen molar-refractivity contribution >= 4 is 0 Å². The van der Waals surface area contributed by atoms with Crippen molar-refractivity contribution in [2.75, 3.05) is 13.6 Å². The van der Waals surface area contributed by atoms with Gasteiger partial charge in [-0.15, -0.1) is 0 Å². The van der Waals surface area contributed by atoms with Crippen LogP contribution in [0.1, 0.15) is 27.7 Å². The molecule has 0 aromatic carbocycles. The fourth-order valence-electron chi connectivity index (χ4n) is 0.433. The lowest BCUT2D eigenvalue weighted by molar-refractivity contribution is 0.0821. The van der Waals surface area contributed by atoms with Gasteiger partial charge in [0.15, 0.2) is 0 Å². The Hall–Kier alpha value is -0.0800. The first-order valence-electron chi connectivity index (χ1n) is 3.43. The van der Waals surface area contributed by atoms with Gasteiger partial charge in [0.25, 0.3) is 0 Å². The quantitative estimate of drug-likeness (QED) is 0.589. The Balaban J connectivity index is 0. The topological polar surface area (TPSA) is 32.3 Å². The SMILES string of the molecule is CC.CNCC(C)(C)O. The lowest BCUT2D eigenvalue weighted by atomic mass is 10.1. The third kappa shape index (κ3) is 18.1. The predicted molar refractivity (Wildman–Crippen MR) is 41.6 cm³/mol. The van der Waals surface area contributed by atoms with Crippen molar-refractivity contribution in [1.82, 2.24) is 5.32 Å². The maximum atomic E-state index is 8.96. The van der Waals surface area contributed by atoms with E-state index in [4.69, 9.17) is 5.11 Å². The summed E-state index contributed by atoms with van der Waals surface area (Å²) in [7, 11) is 1.82. The third-order valence-electron chi connectivity index (χ3n) is 0.609. The Bertz CT molecular complexity index is 47.4. The van der Waals surface area contributed by atoms with Crippen LogP contribution < -0.4 is 5.32 Å². The zero-order valence-electron chi connectivity index (χ0n) is 7.15. The van der Waals surface area contributed by atoms with Gasteiger partial charge < -0.3 is 10.4 Å². The molecule has 0 aromatic heterocycles. The Morgan fingerprint density at radius 1 is 1.33 bits per heavy atom. The van der Waals surface area contributed by atoms with E-state index in [0.29, 0.717) is 6.54 Å². The molecule has 58 valence electrons. The van der Waals surface area contributed by atoms with Crippen LogP contribution in [-0.2, 0) is 0 Å². The minimum atomic E-state index is -0.561. The summed E-state index contributed by atoms with van der Waals surface area (Å²) in [6, 6.07) is 0. The summed E-state index contributed by atoms with van der Waals surface area (Å²) < 4.78 is 0. The van der Waals surface area contributed by atoms with E-state index in [2.05, 4.69) is 5.32 Å². The normalized spacial score (nSPS) is 10.0. The fourth-order valence-corrected chi connectivity index (χ4v) is 0.433. The molecule has 0 radical (unpaired) electrons. The van der Waals surface area contributed by atoms with Crippen LogP contribution in [0, 0.1) is 0 Å². The van der Waals surface area contributed by atoms with Crippen molar-refractivity contribution in [1.29, 1.82) is 0 Å². The van der Waals surface area contributed by atoms with Gasteiger partial charge >= 0.3 is 0 Å². The van der Waals surface area contributed by atoms with Crippen molar-refractivity contribution in [3.63, 3.8) is 0 Å². The Morgan fingerprint density at radius 3 is 1.67 bits per heavy atom. The second-order valence-electron chi connectivity index (χ2n) is 2.34. The van der Waals surface area contributed by atoms with Gasteiger partial charge in [-0.1, -0.05) is 13.8 Å². The molecule has 2 N–H and O–H groups in total. The van der Waals surface area contributed by atoms with Crippen LogP contribution in [0.2, 0.25) is 0 Å². The molecule has 0 aromatic rings. The number of likely N-dealkylation sites (N-methyl/N-ethyl adjacent to an activating group) is 1. The van der Waals surface area contributed by atoms with Crippen molar-refractivity contribution in [2.45, 2.75) is 33.3 Å². The van der Waals surface area contributed by atoms with Gasteiger partial charge in [-0.3, -0.25) is 0 Å². The zero-order valence-corrected chi connectivity index (χ0v) is 7.15. The average molecular weight is 133 g/mol. The van der Waals surface area contributed by atoms with E-state index in [1.165, 1.54) is 0 Å².